The van der Waals surface area contributed by atoms with E-state index in [1.54, 1.807) is 11.8 Å². The Morgan fingerprint density at radius 2 is 2.00 bits per heavy atom. The summed E-state index contributed by atoms with van der Waals surface area (Å²) < 4.78 is 7.98. The van der Waals surface area contributed by atoms with Crippen molar-refractivity contribution in [1.29, 1.82) is 0 Å². The molecule has 2 aromatic carbocycles. The van der Waals surface area contributed by atoms with Crippen molar-refractivity contribution in [2.45, 2.75) is 13.3 Å². The Kier molecular flexibility index (Phi) is 5.19. The van der Waals surface area contributed by atoms with E-state index in [9.17, 15) is 4.79 Å². The summed E-state index contributed by atoms with van der Waals surface area (Å²) in [6, 6.07) is 17.1. The van der Waals surface area contributed by atoms with Gasteiger partial charge in [-0.2, -0.15) is 5.10 Å². The maximum atomic E-state index is 12.5. The number of carbonyl (C=O) groups excluding carboxylic acids is 1. The van der Waals surface area contributed by atoms with E-state index < -0.39 is 0 Å². The first-order valence-corrected chi connectivity index (χ1v) is 8.60. The molecule has 3 rings (SSSR count). The van der Waals surface area contributed by atoms with Gasteiger partial charge < -0.3 is 10.1 Å². The molecule has 0 saturated carbocycles. The molecule has 128 valence electrons. The molecule has 0 atom stereocenters. The number of hydrogen-bond donors (Lipinski definition) is 1. The molecule has 0 unspecified atom stereocenters. The first-order chi connectivity index (χ1) is 12.1. The first-order valence-electron chi connectivity index (χ1n) is 7.81. The van der Waals surface area contributed by atoms with Crippen molar-refractivity contribution in [3.63, 3.8) is 0 Å². The minimum absolute atomic E-state index is 0.124. The number of benzene rings is 2. The number of halogens is 1. The van der Waals surface area contributed by atoms with Gasteiger partial charge in [0, 0.05) is 16.1 Å². The maximum Gasteiger partial charge on any atom is 0.230 e. The van der Waals surface area contributed by atoms with Crippen molar-refractivity contribution in [1.82, 2.24) is 9.78 Å². The highest BCUT2D eigenvalue weighted by Crippen LogP contribution is 2.22. The number of aryl methyl sites for hydroxylation is 1. The van der Waals surface area contributed by atoms with Crippen LogP contribution in [0, 0.1) is 6.92 Å². The number of para-hydroxylation sites is 1. The summed E-state index contributed by atoms with van der Waals surface area (Å²) in [5.41, 5.74) is 2.54. The molecule has 1 heterocycles. The van der Waals surface area contributed by atoms with Gasteiger partial charge >= 0.3 is 0 Å². The topological polar surface area (TPSA) is 56.1 Å². The van der Waals surface area contributed by atoms with Crippen LogP contribution in [0.5, 0.6) is 5.75 Å². The number of hydrogen-bond acceptors (Lipinski definition) is 3. The summed E-state index contributed by atoms with van der Waals surface area (Å²) in [6.45, 7) is 1.89. The van der Waals surface area contributed by atoms with Gasteiger partial charge in [-0.3, -0.25) is 4.79 Å². The van der Waals surface area contributed by atoms with E-state index in [0.717, 1.165) is 21.4 Å². The van der Waals surface area contributed by atoms with Crippen LogP contribution in [0.3, 0.4) is 0 Å². The fraction of sp³-hybridized carbons (Fsp3) is 0.158. The van der Waals surface area contributed by atoms with E-state index in [-0.39, 0.29) is 12.3 Å². The lowest BCUT2D eigenvalue weighted by Gasteiger charge is -2.11. The van der Waals surface area contributed by atoms with Crippen molar-refractivity contribution in [3.05, 3.63) is 70.3 Å². The summed E-state index contributed by atoms with van der Waals surface area (Å²) in [5, 5.41) is 7.41. The Hall–Kier alpha value is -2.60. The van der Waals surface area contributed by atoms with Crippen LogP contribution >= 0.6 is 15.9 Å². The van der Waals surface area contributed by atoms with Crippen molar-refractivity contribution in [2.24, 2.45) is 0 Å². The predicted octanol–water partition coefficient (Wildman–Crippen LogP) is 4.13. The highest BCUT2D eigenvalue weighted by molar-refractivity contribution is 9.10. The van der Waals surface area contributed by atoms with Crippen molar-refractivity contribution >= 4 is 27.7 Å². The molecule has 6 heteroatoms. The van der Waals surface area contributed by atoms with Gasteiger partial charge in [0.15, 0.2) is 0 Å². The second kappa shape index (κ2) is 7.53. The number of ether oxygens (including phenoxy) is 1. The van der Waals surface area contributed by atoms with E-state index in [4.69, 9.17) is 4.74 Å². The third-order valence-corrected chi connectivity index (χ3v) is 4.19. The number of carbonyl (C=O) groups is 1. The highest BCUT2D eigenvalue weighted by Gasteiger charge is 2.13. The zero-order chi connectivity index (χ0) is 17.8. The number of anilines is 1. The molecule has 3 aromatic rings. The van der Waals surface area contributed by atoms with E-state index >= 15 is 0 Å². The highest BCUT2D eigenvalue weighted by atomic mass is 79.9. The number of nitrogens with one attached hydrogen (secondary N) is 1. The second-order valence-electron chi connectivity index (χ2n) is 5.60. The molecule has 0 spiro atoms. The first kappa shape index (κ1) is 17.2. The molecule has 1 aromatic heterocycles. The van der Waals surface area contributed by atoms with Crippen LogP contribution in [-0.2, 0) is 11.2 Å². The Balaban J connectivity index is 1.82. The van der Waals surface area contributed by atoms with E-state index in [2.05, 4.69) is 26.3 Å². The van der Waals surface area contributed by atoms with Gasteiger partial charge in [-0.15, -0.1) is 0 Å². The average Bonchev–Trinajstić information content (AvgIpc) is 2.95. The minimum atomic E-state index is -0.124. The van der Waals surface area contributed by atoms with Gasteiger partial charge in [-0.05, 0) is 31.2 Å². The Bertz CT molecular complexity index is 905. The average molecular weight is 400 g/mol. The summed E-state index contributed by atoms with van der Waals surface area (Å²) in [7, 11) is 1.60. The maximum absolute atomic E-state index is 12.5. The van der Waals surface area contributed by atoms with Crippen LogP contribution in [-0.4, -0.2) is 22.8 Å². The number of methoxy groups -OCH3 is 1. The summed E-state index contributed by atoms with van der Waals surface area (Å²) in [5.74, 6) is 1.21. The lowest BCUT2D eigenvalue weighted by Crippen LogP contribution is -2.17. The lowest BCUT2D eigenvalue weighted by molar-refractivity contribution is -0.115. The lowest BCUT2D eigenvalue weighted by atomic mass is 10.1. The third-order valence-electron chi connectivity index (χ3n) is 3.70. The SMILES string of the molecule is COc1ccccc1CC(=O)Nc1cc(C)nn1-c1cccc(Br)c1. The fourth-order valence-corrected chi connectivity index (χ4v) is 2.99. The van der Waals surface area contributed by atoms with Crippen LogP contribution in [0.2, 0.25) is 0 Å². The molecule has 1 N–H and O–H groups in total. The molecule has 0 aliphatic heterocycles. The van der Waals surface area contributed by atoms with Gasteiger partial charge in [0.05, 0.1) is 24.9 Å². The van der Waals surface area contributed by atoms with Gasteiger partial charge in [0.2, 0.25) is 5.91 Å². The molecule has 0 fully saturated rings. The van der Waals surface area contributed by atoms with Crippen LogP contribution in [0.1, 0.15) is 11.3 Å². The number of nitrogens with zero attached hydrogens (tertiary/aromatic N) is 2. The summed E-state index contributed by atoms with van der Waals surface area (Å²) in [4.78, 5) is 12.5. The molecule has 25 heavy (non-hydrogen) atoms. The normalized spacial score (nSPS) is 10.5. The smallest absolute Gasteiger partial charge is 0.230 e. The van der Waals surface area contributed by atoms with Crippen LogP contribution in [0.15, 0.2) is 59.1 Å². The molecule has 0 aliphatic rings. The summed E-state index contributed by atoms with van der Waals surface area (Å²) >= 11 is 3.46. The Morgan fingerprint density at radius 3 is 2.76 bits per heavy atom. The second-order valence-corrected chi connectivity index (χ2v) is 6.52. The van der Waals surface area contributed by atoms with Crippen LogP contribution in [0.25, 0.3) is 5.69 Å². The van der Waals surface area contributed by atoms with Crippen LogP contribution < -0.4 is 10.1 Å². The van der Waals surface area contributed by atoms with Crippen LogP contribution in [0.4, 0.5) is 5.82 Å². The van der Waals surface area contributed by atoms with Crippen molar-refractivity contribution in [2.75, 3.05) is 12.4 Å². The number of rotatable bonds is 5. The molecular weight excluding hydrogens is 382 g/mol. The van der Waals surface area contributed by atoms with E-state index in [0.29, 0.717) is 11.6 Å². The van der Waals surface area contributed by atoms with Crippen molar-refractivity contribution in [3.8, 4) is 11.4 Å². The monoisotopic (exact) mass is 399 g/mol. The minimum Gasteiger partial charge on any atom is -0.496 e. The zero-order valence-electron chi connectivity index (χ0n) is 14.0. The van der Waals surface area contributed by atoms with E-state index in [1.807, 2.05) is 61.5 Å². The fourth-order valence-electron chi connectivity index (χ4n) is 2.60. The van der Waals surface area contributed by atoms with E-state index in [1.165, 1.54) is 0 Å². The molecule has 5 nitrogen and oxygen atoms in total. The predicted molar refractivity (Wildman–Crippen MR) is 101 cm³/mol. The summed E-state index contributed by atoms with van der Waals surface area (Å²) in [6.07, 6.45) is 0.229. The Labute approximate surface area is 154 Å². The Morgan fingerprint density at radius 1 is 1.20 bits per heavy atom. The standard InChI is InChI=1S/C19H18BrN3O2/c1-13-10-18(23(22-13)16-8-5-7-15(20)12-16)21-19(24)11-14-6-3-4-9-17(14)25-2/h3-10,12H,11H2,1-2H3,(H,21,24). The number of amides is 1. The van der Waals surface area contributed by atoms with Gasteiger partial charge in [-0.1, -0.05) is 40.2 Å². The van der Waals surface area contributed by atoms with Gasteiger partial charge in [0.25, 0.3) is 0 Å². The molecular formula is C19H18BrN3O2. The van der Waals surface area contributed by atoms with Crippen molar-refractivity contribution < 1.29 is 9.53 Å². The molecule has 0 bridgehead atoms. The molecule has 0 saturated heterocycles. The molecule has 0 radical (unpaired) electrons. The zero-order valence-corrected chi connectivity index (χ0v) is 15.6. The molecule has 0 aliphatic carbocycles. The largest absolute Gasteiger partial charge is 0.496 e. The van der Waals surface area contributed by atoms with Gasteiger partial charge in [-0.25, -0.2) is 4.68 Å². The number of aromatic nitrogens is 2. The third kappa shape index (κ3) is 4.09. The quantitative estimate of drug-likeness (QED) is 0.701. The molecule has 1 amide bonds. The van der Waals surface area contributed by atoms with Gasteiger partial charge in [0.1, 0.15) is 11.6 Å².